The Morgan fingerprint density at radius 3 is 2.81 bits per heavy atom. The number of amides is 1. The van der Waals surface area contributed by atoms with Crippen LogP contribution in [0.4, 0.5) is 0 Å². The highest BCUT2D eigenvalue weighted by atomic mass is 32.2. The monoisotopic (exact) mass is 324 g/mol. The maximum atomic E-state index is 12.4. The molecule has 5 heteroatoms. The van der Waals surface area contributed by atoms with E-state index in [1.165, 1.54) is 24.3 Å². The average Bonchev–Trinajstić information content (AvgIpc) is 2.89. The molecule has 3 heterocycles. The first kappa shape index (κ1) is 15.4. The molecule has 0 saturated carbocycles. The summed E-state index contributed by atoms with van der Waals surface area (Å²) in [7, 11) is 0. The highest BCUT2D eigenvalue weighted by Crippen LogP contribution is 2.23. The minimum absolute atomic E-state index is 0.300. The van der Waals surface area contributed by atoms with E-state index in [2.05, 4.69) is 33.0 Å². The maximum absolute atomic E-state index is 12.4. The molecule has 1 amide bonds. The molecule has 2 fully saturated rings. The molecule has 1 aromatic rings. The Labute approximate surface area is 135 Å². The molecule has 21 heavy (non-hydrogen) atoms. The lowest BCUT2D eigenvalue weighted by molar-refractivity contribution is -0.130. The van der Waals surface area contributed by atoms with Gasteiger partial charge in [0.1, 0.15) is 0 Å². The van der Waals surface area contributed by atoms with Gasteiger partial charge in [-0.1, -0.05) is 0 Å². The van der Waals surface area contributed by atoms with E-state index >= 15 is 0 Å². The van der Waals surface area contributed by atoms with Crippen LogP contribution in [0.1, 0.15) is 24.8 Å². The summed E-state index contributed by atoms with van der Waals surface area (Å²) in [4.78, 5) is 17.1. The molecule has 0 bridgehead atoms. The molecule has 3 nitrogen and oxygen atoms in total. The first-order chi connectivity index (χ1) is 10.3. The summed E-state index contributed by atoms with van der Waals surface area (Å²) < 4.78 is 0. The molecule has 1 aromatic heterocycles. The molecule has 0 aromatic carbocycles. The van der Waals surface area contributed by atoms with Gasteiger partial charge in [0, 0.05) is 32.2 Å². The van der Waals surface area contributed by atoms with Crippen molar-refractivity contribution in [1.29, 1.82) is 0 Å². The van der Waals surface area contributed by atoms with Crippen molar-refractivity contribution in [1.82, 2.24) is 9.80 Å². The van der Waals surface area contributed by atoms with Crippen LogP contribution in [0.15, 0.2) is 16.8 Å². The Hall–Kier alpha value is -0.520. The molecule has 0 aliphatic carbocycles. The lowest BCUT2D eigenvalue weighted by Crippen LogP contribution is -2.41. The Morgan fingerprint density at radius 1 is 1.19 bits per heavy atom. The summed E-state index contributed by atoms with van der Waals surface area (Å²) in [6.45, 7) is 4.07. The SMILES string of the molecule is O=C(Cc1ccsc1)N1CCCN(C2CCSCC2)CC1. The van der Waals surface area contributed by atoms with E-state index in [0.29, 0.717) is 12.3 Å². The molecule has 116 valence electrons. The summed E-state index contributed by atoms with van der Waals surface area (Å²) in [5, 5.41) is 4.13. The van der Waals surface area contributed by atoms with Gasteiger partial charge in [0.05, 0.1) is 6.42 Å². The molecule has 0 unspecified atom stereocenters. The van der Waals surface area contributed by atoms with Crippen molar-refractivity contribution >= 4 is 29.0 Å². The van der Waals surface area contributed by atoms with Crippen molar-refractivity contribution in [3.63, 3.8) is 0 Å². The zero-order chi connectivity index (χ0) is 14.5. The van der Waals surface area contributed by atoms with Gasteiger partial charge in [-0.25, -0.2) is 0 Å². The zero-order valence-corrected chi connectivity index (χ0v) is 14.1. The molecule has 0 radical (unpaired) electrons. The normalized spacial score (nSPS) is 22.2. The Bertz CT molecular complexity index is 443. The summed E-state index contributed by atoms with van der Waals surface area (Å²) in [6.07, 6.45) is 4.35. The second kappa shape index (κ2) is 7.65. The average molecular weight is 325 g/mol. The summed E-state index contributed by atoms with van der Waals surface area (Å²) in [5.41, 5.74) is 1.16. The summed E-state index contributed by atoms with van der Waals surface area (Å²) in [5.74, 6) is 2.92. The van der Waals surface area contributed by atoms with Crippen LogP contribution >= 0.6 is 23.1 Å². The molecular formula is C16H24N2OS2. The molecule has 3 rings (SSSR count). The molecular weight excluding hydrogens is 300 g/mol. The summed E-state index contributed by atoms with van der Waals surface area (Å²) >= 11 is 3.76. The maximum Gasteiger partial charge on any atom is 0.227 e. The fourth-order valence-corrected chi connectivity index (χ4v) is 5.03. The quantitative estimate of drug-likeness (QED) is 0.854. The molecule has 0 spiro atoms. The number of carbonyl (C=O) groups excluding carboxylic acids is 1. The number of nitrogens with zero attached hydrogens (tertiary/aromatic N) is 2. The number of thioether (sulfide) groups is 1. The van der Waals surface area contributed by atoms with Crippen LogP contribution in [0.3, 0.4) is 0 Å². The van der Waals surface area contributed by atoms with Crippen LogP contribution in [-0.2, 0) is 11.2 Å². The van der Waals surface area contributed by atoms with Gasteiger partial charge in [-0.05, 0) is 53.2 Å². The van der Waals surface area contributed by atoms with Crippen LogP contribution in [-0.4, -0.2) is 59.4 Å². The third-order valence-corrected chi connectivity index (χ3v) is 6.31. The van der Waals surface area contributed by atoms with Gasteiger partial charge in [-0.3, -0.25) is 9.69 Å². The Kier molecular flexibility index (Phi) is 5.61. The zero-order valence-electron chi connectivity index (χ0n) is 12.5. The first-order valence-electron chi connectivity index (χ1n) is 7.93. The van der Waals surface area contributed by atoms with Crippen molar-refractivity contribution in [2.75, 3.05) is 37.7 Å². The van der Waals surface area contributed by atoms with Crippen LogP contribution < -0.4 is 0 Å². The van der Waals surface area contributed by atoms with Gasteiger partial charge in [-0.2, -0.15) is 23.1 Å². The lowest BCUT2D eigenvalue weighted by Gasteiger charge is -2.33. The largest absolute Gasteiger partial charge is 0.341 e. The van der Waals surface area contributed by atoms with Gasteiger partial charge in [-0.15, -0.1) is 0 Å². The van der Waals surface area contributed by atoms with Crippen molar-refractivity contribution in [3.8, 4) is 0 Å². The smallest absolute Gasteiger partial charge is 0.227 e. The molecule has 2 saturated heterocycles. The van der Waals surface area contributed by atoms with Crippen molar-refractivity contribution in [2.24, 2.45) is 0 Å². The second-order valence-electron chi connectivity index (χ2n) is 5.92. The molecule has 2 aliphatic rings. The first-order valence-corrected chi connectivity index (χ1v) is 10.0. The Balaban J connectivity index is 1.51. The van der Waals surface area contributed by atoms with Gasteiger partial charge >= 0.3 is 0 Å². The van der Waals surface area contributed by atoms with Crippen LogP contribution in [0.2, 0.25) is 0 Å². The topological polar surface area (TPSA) is 23.6 Å². The number of hydrogen-bond acceptors (Lipinski definition) is 4. The van der Waals surface area contributed by atoms with Crippen molar-refractivity contribution in [2.45, 2.75) is 31.7 Å². The van der Waals surface area contributed by atoms with Crippen LogP contribution in [0.5, 0.6) is 0 Å². The van der Waals surface area contributed by atoms with E-state index in [-0.39, 0.29) is 0 Å². The minimum Gasteiger partial charge on any atom is -0.341 e. The van der Waals surface area contributed by atoms with Gasteiger partial charge in [0.15, 0.2) is 0 Å². The van der Waals surface area contributed by atoms with E-state index in [4.69, 9.17) is 0 Å². The third kappa shape index (κ3) is 4.24. The van der Waals surface area contributed by atoms with Crippen LogP contribution in [0, 0.1) is 0 Å². The highest BCUT2D eigenvalue weighted by molar-refractivity contribution is 7.99. The number of hydrogen-bond donors (Lipinski definition) is 0. The second-order valence-corrected chi connectivity index (χ2v) is 7.93. The lowest BCUT2D eigenvalue weighted by atomic mass is 10.1. The third-order valence-electron chi connectivity index (χ3n) is 4.53. The van der Waals surface area contributed by atoms with E-state index in [1.54, 1.807) is 11.3 Å². The number of rotatable bonds is 3. The van der Waals surface area contributed by atoms with Crippen molar-refractivity contribution in [3.05, 3.63) is 22.4 Å². The van der Waals surface area contributed by atoms with Crippen LogP contribution in [0.25, 0.3) is 0 Å². The number of thiophene rings is 1. The van der Waals surface area contributed by atoms with Gasteiger partial charge in [0.25, 0.3) is 0 Å². The fraction of sp³-hybridized carbons (Fsp3) is 0.688. The molecule has 0 atom stereocenters. The Morgan fingerprint density at radius 2 is 2.05 bits per heavy atom. The number of carbonyl (C=O) groups is 1. The molecule has 0 N–H and O–H groups in total. The van der Waals surface area contributed by atoms with E-state index < -0.39 is 0 Å². The van der Waals surface area contributed by atoms with Gasteiger partial charge in [0.2, 0.25) is 5.91 Å². The predicted molar refractivity (Wildman–Crippen MR) is 91.1 cm³/mol. The van der Waals surface area contributed by atoms with E-state index in [9.17, 15) is 4.79 Å². The predicted octanol–water partition coefficient (Wildman–Crippen LogP) is 2.72. The van der Waals surface area contributed by atoms with E-state index in [0.717, 1.165) is 44.2 Å². The van der Waals surface area contributed by atoms with E-state index in [1.807, 2.05) is 5.38 Å². The standard InChI is InChI=1S/C16H24N2OS2/c19-16(12-14-2-9-21-13-14)18-6-1-5-17(7-8-18)15-3-10-20-11-4-15/h2,9,13,15H,1,3-8,10-12H2. The van der Waals surface area contributed by atoms with Crippen molar-refractivity contribution < 1.29 is 4.79 Å². The fourth-order valence-electron chi connectivity index (χ4n) is 3.28. The van der Waals surface area contributed by atoms with Gasteiger partial charge < -0.3 is 4.90 Å². The molecule has 2 aliphatic heterocycles. The summed E-state index contributed by atoms with van der Waals surface area (Å²) in [6, 6.07) is 2.82. The highest BCUT2D eigenvalue weighted by Gasteiger charge is 2.25. The minimum atomic E-state index is 0.300.